The van der Waals surface area contributed by atoms with Crippen molar-refractivity contribution in [3.8, 4) is 0 Å². The predicted molar refractivity (Wildman–Crippen MR) is 72.9 cm³/mol. The van der Waals surface area contributed by atoms with Crippen molar-refractivity contribution >= 4 is 32.5 Å². The Kier molecular flexibility index (Phi) is 3.24. The van der Waals surface area contributed by atoms with E-state index in [9.17, 15) is 10.1 Å². The van der Waals surface area contributed by atoms with E-state index in [4.69, 9.17) is 4.74 Å². The minimum absolute atomic E-state index is 0.0615. The van der Waals surface area contributed by atoms with Crippen LogP contribution >= 0.6 is 15.9 Å². The monoisotopic (exact) mass is 325 g/mol. The maximum absolute atomic E-state index is 11.1. The minimum Gasteiger partial charge on any atom is -0.356 e. The fraction of sp³-hybridized carbons (Fsp3) is 0.417. The van der Waals surface area contributed by atoms with Gasteiger partial charge in [-0.2, -0.15) is 5.10 Å². The van der Waals surface area contributed by atoms with Gasteiger partial charge in [0.2, 0.25) is 0 Å². The highest BCUT2D eigenvalue weighted by Gasteiger charge is 2.24. The van der Waals surface area contributed by atoms with Gasteiger partial charge >= 0.3 is 0 Å². The Morgan fingerprint density at radius 1 is 1.47 bits per heavy atom. The standard InChI is InChI=1S/C12H12BrN3O3/c13-12-11-8(4-3-5-9(11)16(17)18)15(14-12)10-6-1-2-7-19-10/h3-5,10H,1-2,6-7H2. The number of halogens is 1. The number of hydrogen-bond donors (Lipinski definition) is 0. The summed E-state index contributed by atoms with van der Waals surface area (Å²) in [7, 11) is 0. The van der Waals surface area contributed by atoms with E-state index in [1.165, 1.54) is 6.07 Å². The molecular weight excluding hydrogens is 314 g/mol. The lowest BCUT2D eigenvalue weighted by molar-refractivity contribution is -0.383. The third-order valence-corrected chi connectivity index (χ3v) is 3.85. The lowest BCUT2D eigenvalue weighted by Crippen LogP contribution is -2.19. The molecule has 3 rings (SSSR count). The zero-order chi connectivity index (χ0) is 13.4. The number of ether oxygens (including phenoxy) is 1. The number of nitro groups is 1. The second kappa shape index (κ2) is 4.90. The zero-order valence-electron chi connectivity index (χ0n) is 10.1. The molecule has 1 saturated heterocycles. The molecule has 0 N–H and O–H groups in total. The van der Waals surface area contributed by atoms with Gasteiger partial charge in [0.15, 0.2) is 6.23 Å². The van der Waals surface area contributed by atoms with Gasteiger partial charge in [0.05, 0.1) is 10.4 Å². The van der Waals surface area contributed by atoms with Gasteiger partial charge in [-0.15, -0.1) is 0 Å². The maximum atomic E-state index is 11.1. The van der Waals surface area contributed by atoms with Gasteiger partial charge < -0.3 is 4.74 Å². The van der Waals surface area contributed by atoms with Crippen molar-refractivity contribution < 1.29 is 9.66 Å². The first-order valence-corrected chi connectivity index (χ1v) is 6.90. The van der Waals surface area contributed by atoms with Crippen LogP contribution in [0.4, 0.5) is 5.69 Å². The molecule has 1 unspecified atom stereocenters. The summed E-state index contributed by atoms with van der Waals surface area (Å²) in [6.45, 7) is 0.707. The van der Waals surface area contributed by atoms with Gasteiger partial charge in [-0.3, -0.25) is 10.1 Å². The summed E-state index contributed by atoms with van der Waals surface area (Å²) >= 11 is 3.31. The normalized spacial score (nSPS) is 19.7. The van der Waals surface area contributed by atoms with E-state index in [1.807, 2.05) is 6.07 Å². The molecule has 0 aliphatic carbocycles. The van der Waals surface area contributed by atoms with Gasteiger partial charge in [-0.25, -0.2) is 4.68 Å². The number of aromatic nitrogens is 2. The van der Waals surface area contributed by atoms with E-state index in [0.29, 0.717) is 16.6 Å². The summed E-state index contributed by atoms with van der Waals surface area (Å²) in [6.07, 6.45) is 2.88. The first kappa shape index (κ1) is 12.6. The molecule has 1 aliphatic heterocycles. The molecule has 1 aliphatic rings. The molecule has 7 heteroatoms. The second-order valence-electron chi connectivity index (χ2n) is 4.48. The number of non-ortho nitro benzene ring substituents is 1. The van der Waals surface area contributed by atoms with Gasteiger partial charge in [-0.1, -0.05) is 6.07 Å². The molecule has 19 heavy (non-hydrogen) atoms. The molecule has 0 amide bonds. The third-order valence-electron chi connectivity index (χ3n) is 3.29. The highest BCUT2D eigenvalue weighted by Crippen LogP contribution is 2.35. The van der Waals surface area contributed by atoms with E-state index < -0.39 is 0 Å². The molecule has 0 bridgehead atoms. The number of benzene rings is 1. The Bertz CT molecular complexity index is 634. The molecular formula is C12H12BrN3O3. The largest absolute Gasteiger partial charge is 0.356 e. The van der Waals surface area contributed by atoms with Crippen LogP contribution in [0.3, 0.4) is 0 Å². The smallest absolute Gasteiger partial charge is 0.281 e. The van der Waals surface area contributed by atoms with Crippen molar-refractivity contribution in [3.63, 3.8) is 0 Å². The number of fused-ring (bicyclic) bond motifs is 1. The van der Waals surface area contributed by atoms with Crippen LogP contribution in [-0.4, -0.2) is 21.3 Å². The van der Waals surface area contributed by atoms with Gasteiger partial charge in [-0.05, 0) is 41.3 Å². The van der Waals surface area contributed by atoms with E-state index in [2.05, 4.69) is 21.0 Å². The zero-order valence-corrected chi connectivity index (χ0v) is 11.7. The highest BCUT2D eigenvalue weighted by atomic mass is 79.9. The van der Waals surface area contributed by atoms with Crippen LogP contribution < -0.4 is 0 Å². The Morgan fingerprint density at radius 2 is 2.32 bits per heavy atom. The fourth-order valence-electron chi connectivity index (χ4n) is 2.42. The first-order valence-electron chi connectivity index (χ1n) is 6.11. The van der Waals surface area contributed by atoms with E-state index in [0.717, 1.165) is 24.8 Å². The summed E-state index contributed by atoms with van der Waals surface area (Å²) in [5.74, 6) is 0. The Hall–Kier alpha value is -1.47. The molecule has 1 fully saturated rings. The quantitative estimate of drug-likeness (QED) is 0.626. The van der Waals surface area contributed by atoms with Crippen molar-refractivity contribution in [3.05, 3.63) is 32.9 Å². The van der Waals surface area contributed by atoms with Gasteiger partial charge in [0, 0.05) is 12.7 Å². The van der Waals surface area contributed by atoms with Crippen molar-refractivity contribution in [2.75, 3.05) is 6.61 Å². The molecule has 0 spiro atoms. The predicted octanol–water partition coefficient (Wildman–Crippen LogP) is 3.41. The lowest BCUT2D eigenvalue weighted by Gasteiger charge is -2.23. The van der Waals surface area contributed by atoms with Gasteiger partial charge in [0.25, 0.3) is 5.69 Å². The number of nitrogens with zero attached hydrogens (tertiary/aromatic N) is 3. The SMILES string of the molecule is O=[N+]([O-])c1cccc2c1c(Br)nn2C1CCCCO1. The first-order chi connectivity index (χ1) is 9.18. The molecule has 0 saturated carbocycles. The Balaban J connectivity index is 2.16. The van der Waals surface area contributed by atoms with Crippen LogP contribution in [0.2, 0.25) is 0 Å². The minimum atomic E-state index is -0.388. The molecule has 0 radical (unpaired) electrons. The average Bonchev–Trinajstić information content (AvgIpc) is 2.77. The second-order valence-corrected chi connectivity index (χ2v) is 5.24. The Morgan fingerprint density at radius 3 is 3.00 bits per heavy atom. The summed E-state index contributed by atoms with van der Waals surface area (Å²) < 4.78 is 7.93. The van der Waals surface area contributed by atoms with Crippen LogP contribution in [0.5, 0.6) is 0 Å². The number of hydrogen-bond acceptors (Lipinski definition) is 4. The van der Waals surface area contributed by atoms with Crippen molar-refractivity contribution in [1.82, 2.24) is 9.78 Å². The summed E-state index contributed by atoms with van der Waals surface area (Å²) in [5.41, 5.74) is 0.791. The molecule has 2 heterocycles. The molecule has 6 nitrogen and oxygen atoms in total. The fourth-order valence-corrected chi connectivity index (χ4v) is 2.99. The molecule has 100 valence electrons. The van der Waals surface area contributed by atoms with E-state index in [1.54, 1.807) is 10.7 Å². The lowest BCUT2D eigenvalue weighted by atomic mass is 10.2. The summed E-state index contributed by atoms with van der Waals surface area (Å²) in [5, 5.41) is 16.0. The number of rotatable bonds is 2. The van der Waals surface area contributed by atoms with Crippen LogP contribution in [0.1, 0.15) is 25.5 Å². The van der Waals surface area contributed by atoms with Crippen molar-refractivity contribution in [2.45, 2.75) is 25.5 Å². The number of nitro benzene ring substituents is 1. The maximum Gasteiger partial charge on any atom is 0.281 e. The van der Waals surface area contributed by atoms with Crippen LogP contribution in [0.15, 0.2) is 22.8 Å². The summed E-state index contributed by atoms with van der Waals surface area (Å²) in [4.78, 5) is 10.7. The summed E-state index contributed by atoms with van der Waals surface area (Å²) in [6, 6.07) is 4.99. The third kappa shape index (κ3) is 2.12. The highest BCUT2D eigenvalue weighted by molar-refractivity contribution is 9.10. The molecule has 1 aromatic heterocycles. The van der Waals surface area contributed by atoms with Crippen molar-refractivity contribution in [1.29, 1.82) is 0 Å². The van der Waals surface area contributed by atoms with E-state index in [-0.39, 0.29) is 16.8 Å². The average molecular weight is 326 g/mol. The van der Waals surface area contributed by atoms with Crippen LogP contribution in [-0.2, 0) is 4.74 Å². The van der Waals surface area contributed by atoms with Crippen LogP contribution in [0, 0.1) is 10.1 Å². The van der Waals surface area contributed by atoms with Gasteiger partial charge in [0.1, 0.15) is 9.99 Å². The molecule has 1 atom stereocenters. The van der Waals surface area contributed by atoms with E-state index >= 15 is 0 Å². The topological polar surface area (TPSA) is 70.2 Å². The van der Waals surface area contributed by atoms with Crippen LogP contribution in [0.25, 0.3) is 10.9 Å². The van der Waals surface area contributed by atoms with Crippen molar-refractivity contribution in [2.24, 2.45) is 0 Å². The molecule has 1 aromatic carbocycles. The molecule has 2 aromatic rings. The Labute approximate surface area is 117 Å².